The molecular weight excluding hydrogens is 422 g/mol. The third-order valence-corrected chi connectivity index (χ3v) is 8.60. The van der Waals surface area contributed by atoms with Crippen molar-refractivity contribution in [3.8, 4) is 0 Å². The Balaban J connectivity index is 1.31. The van der Waals surface area contributed by atoms with Gasteiger partial charge in [0.2, 0.25) is 21.8 Å². The van der Waals surface area contributed by atoms with Crippen LogP contribution in [0.5, 0.6) is 0 Å². The summed E-state index contributed by atoms with van der Waals surface area (Å²) in [5.41, 5.74) is 1.20. The van der Waals surface area contributed by atoms with E-state index in [-0.39, 0.29) is 29.7 Å². The first-order chi connectivity index (χ1) is 14.5. The molecular formula is C21H25N3O4S2. The number of benzene rings is 1. The molecule has 160 valence electrons. The van der Waals surface area contributed by atoms with Crippen LogP contribution in [0.3, 0.4) is 0 Å². The molecule has 2 aliphatic rings. The molecule has 1 atom stereocenters. The lowest BCUT2D eigenvalue weighted by Gasteiger charge is -2.27. The lowest BCUT2D eigenvalue weighted by atomic mass is 10.1. The molecule has 2 aliphatic heterocycles. The zero-order valence-electron chi connectivity index (χ0n) is 16.6. The Kier molecular flexibility index (Phi) is 6.21. The second kappa shape index (κ2) is 8.87. The Morgan fingerprint density at radius 2 is 1.93 bits per heavy atom. The molecule has 0 spiro atoms. The van der Waals surface area contributed by atoms with Crippen LogP contribution in [0.15, 0.2) is 46.7 Å². The molecule has 0 bridgehead atoms. The van der Waals surface area contributed by atoms with Crippen LogP contribution in [0, 0.1) is 0 Å². The molecule has 1 saturated heterocycles. The van der Waals surface area contributed by atoms with E-state index in [0.29, 0.717) is 32.5 Å². The van der Waals surface area contributed by atoms with E-state index in [1.165, 1.54) is 14.7 Å². The number of fused-ring (bicyclic) bond motifs is 1. The van der Waals surface area contributed by atoms with E-state index in [4.69, 9.17) is 0 Å². The number of sulfonamides is 1. The number of carbonyl (C=O) groups is 2. The normalized spacial score (nSPS) is 19.5. The van der Waals surface area contributed by atoms with Crippen molar-refractivity contribution in [2.75, 3.05) is 19.6 Å². The van der Waals surface area contributed by atoms with Crippen LogP contribution in [0.25, 0.3) is 0 Å². The maximum Gasteiger partial charge on any atom is 0.243 e. The van der Waals surface area contributed by atoms with E-state index in [1.54, 1.807) is 41.7 Å². The van der Waals surface area contributed by atoms with Gasteiger partial charge in [0.1, 0.15) is 6.04 Å². The molecule has 0 saturated carbocycles. The molecule has 1 unspecified atom stereocenters. The summed E-state index contributed by atoms with van der Waals surface area (Å²) in [5, 5.41) is 4.82. The molecule has 7 nitrogen and oxygen atoms in total. The van der Waals surface area contributed by atoms with Gasteiger partial charge in [-0.1, -0.05) is 18.2 Å². The molecule has 30 heavy (non-hydrogen) atoms. The predicted octanol–water partition coefficient (Wildman–Crippen LogP) is 1.99. The fourth-order valence-electron chi connectivity index (χ4n) is 4.05. The molecule has 1 N–H and O–H groups in total. The Hall–Kier alpha value is -2.23. The van der Waals surface area contributed by atoms with Gasteiger partial charge in [0.05, 0.1) is 4.90 Å². The number of hydrogen-bond donors (Lipinski definition) is 1. The molecule has 1 aromatic heterocycles. The highest BCUT2D eigenvalue weighted by Crippen LogP contribution is 2.26. The van der Waals surface area contributed by atoms with E-state index in [0.717, 1.165) is 6.42 Å². The molecule has 1 aromatic carbocycles. The van der Waals surface area contributed by atoms with Crippen molar-refractivity contribution in [3.63, 3.8) is 0 Å². The Morgan fingerprint density at radius 3 is 2.73 bits per heavy atom. The van der Waals surface area contributed by atoms with E-state index < -0.39 is 16.1 Å². The minimum absolute atomic E-state index is 0.00679. The van der Waals surface area contributed by atoms with Crippen molar-refractivity contribution < 1.29 is 18.0 Å². The maximum atomic E-state index is 12.9. The van der Waals surface area contributed by atoms with Gasteiger partial charge < -0.3 is 10.2 Å². The first-order valence-electron chi connectivity index (χ1n) is 10.1. The van der Waals surface area contributed by atoms with Gasteiger partial charge in [0.15, 0.2) is 0 Å². The molecule has 3 heterocycles. The summed E-state index contributed by atoms with van der Waals surface area (Å²) >= 11 is 1.73. The highest BCUT2D eigenvalue weighted by molar-refractivity contribution is 7.89. The third-order valence-electron chi connectivity index (χ3n) is 5.65. The molecule has 9 heteroatoms. The zero-order chi connectivity index (χ0) is 21.1. The summed E-state index contributed by atoms with van der Waals surface area (Å²) in [6.07, 6.45) is 2.21. The van der Waals surface area contributed by atoms with E-state index in [2.05, 4.69) is 16.8 Å². The van der Waals surface area contributed by atoms with Crippen LogP contribution in [0.1, 0.15) is 29.7 Å². The van der Waals surface area contributed by atoms with Gasteiger partial charge in [-0.25, -0.2) is 8.42 Å². The molecule has 1 fully saturated rings. The average Bonchev–Trinajstić information content (AvgIpc) is 3.43. The number of hydrogen-bond acceptors (Lipinski definition) is 5. The molecule has 2 amide bonds. The Labute approximate surface area is 180 Å². The van der Waals surface area contributed by atoms with Crippen LogP contribution in [0.2, 0.25) is 0 Å². The van der Waals surface area contributed by atoms with E-state index in [9.17, 15) is 18.0 Å². The average molecular weight is 448 g/mol. The highest BCUT2D eigenvalue weighted by Gasteiger charge is 2.39. The van der Waals surface area contributed by atoms with Crippen LogP contribution in [-0.4, -0.2) is 55.1 Å². The summed E-state index contributed by atoms with van der Waals surface area (Å²) in [5.74, 6) is -0.328. The van der Waals surface area contributed by atoms with Gasteiger partial charge >= 0.3 is 0 Å². The SMILES string of the molecule is O=C(NCCC(=O)N1CCc2sccc2C1)C1CCCN1S(=O)(=O)c1ccccc1. The van der Waals surface area contributed by atoms with E-state index in [1.807, 2.05) is 4.90 Å². The number of rotatable bonds is 6. The van der Waals surface area contributed by atoms with Crippen LogP contribution >= 0.6 is 11.3 Å². The van der Waals surface area contributed by atoms with Crippen LogP contribution in [-0.2, 0) is 32.6 Å². The number of thiophene rings is 1. The summed E-state index contributed by atoms with van der Waals surface area (Å²) in [7, 11) is -3.72. The predicted molar refractivity (Wildman–Crippen MR) is 114 cm³/mol. The van der Waals surface area contributed by atoms with Gasteiger partial charge in [0.25, 0.3) is 0 Å². The molecule has 2 aromatic rings. The lowest BCUT2D eigenvalue weighted by molar-refractivity contribution is -0.132. The van der Waals surface area contributed by atoms with Gasteiger partial charge in [0, 0.05) is 37.5 Å². The van der Waals surface area contributed by atoms with Crippen molar-refractivity contribution >= 4 is 33.2 Å². The first kappa shape index (κ1) is 21.0. The number of nitrogens with zero attached hydrogens (tertiary/aromatic N) is 2. The summed E-state index contributed by atoms with van der Waals surface area (Å²) in [6.45, 7) is 1.86. The standard InChI is InChI=1S/C21H25N3O4S2/c25-20(23-13-9-19-16(15-23)10-14-29-19)8-11-22-21(26)18-7-4-12-24(18)30(27,28)17-5-2-1-3-6-17/h1-3,5-6,10,14,18H,4,7-9,11-13,15H2,(H,22,26). The topological polar surface area (TPSA) is 86.8 Å². The highest BCUT2D eigenvalue weighted by atomic mass is 32.2. The number of amides is 2. The summed E-state index contributed by atoms with van der Waals surface area (Å²) in [4.78, 5) is 28.5. The van der Waals surface area contributed by atoms with E-state index >= 15 is 0 Å². The van der Waals surface area contributed by atoms with Crippen molar-refractivity contribution in [2.24, 2.45) is 0 Å². The summed E-state index contributed by atoms with van der Waals surface area (Å²) in [6, 6.07) is 9.51. The Morgan fingerprint density at radius 1 is 1.13 bits per heavy atom. The minimum Gasteiger partial charge on any atom is -0.354 e. The van der Waals surface area contributed by atoms with Gasteiger partial charge in [-0.05, 0) is 48.4 Å². The third kappa shape index (κ3) is 4.28. The molecule has 0 aliphatic carbocycles. The lowest BCUT2D eigenvalue weighted by Crippen LogP contribution is -2.46. The van der Waals surface area contributed by atoms with Gasteiger partial charge in [-0.15, -0.1) is 11.3 Å². The van der Waals surface area contributed by atoms with Gasteiger partial charge in [-0.2, -0.15) is 4.31 Å². The minimum atomic E-state index is -3.72. The van der Waals surface area contributed by atoms with Crippen molar-refractivity contribution in [2.45, 2.75) is 43.2 Å². The largest absolute Gasteiger partial charge is 0.354 e. The maximum absolute atomic E-state index is 12.9. The smallest absolute Gasteiger partial charge is 0.243 e. The second-order valence-corrected chi connectivity index (χ2v) is 10.5. The second-order valence-electron chi connectivity index (χ2n) is 7.56. The molecule has 4 rings (SSSR count). The van der Waals surface area contributed by atoms with Crippen LogP contribution < -0.4 is 5.32 Å². The fraction of sp³-hybridized carbons (Fsp3) is 0.429. The first-order valence-corrected chi connectivity index (χ1v) is 12.5. The zero-order valence-corrected chi connectivity index (χ0v) is 18.3. The molecule has 0 radical (unpaired) electrons. The quantitative estimate of drug-likeness (QED) is 0.734. The van der Waals surface area contributed by atoms with Crippen molar-refractivity contribution in [1.29, 1.82) is 0 Å². The Bertz CT molecular complexity index is 1020. The monoisotopic (exact) mass is 447 g/mol. The fourth-order valence-corrected chi connectivity index (χ4v) is 6.61. The number of carbonyl (C=O) groups excluding carboxylic acids is 2. The van der Waals surface area contributed by atoms with Gasteiger partial charge in [-0.3, -0.25) is 9.59 Å². The number of nitrogens with one attached hydrogen (secondary N) is 1. The van der Waals surface area contributed by atoms with Crippen molar-refractivity contribution in [1.82, 2.24) is 14.5 Å². The van der Waals surface area contributed by atoms with Crippen molar-refractivity contribution in [3.05, 3.63) is 52.2 Å². The summed E-state index contributed by atoms with van der Waals surface area (Å²) < 4.78 is 27.1. The van der Waals surface area contributed by atoms with Crippen LogP contribution in [0.4, 0.5) is 0 Å².